The van der Waals surface area contributed by atoms with Gasteiger partial charge < -0.3 is 10.6 Å². The molecule has 1 aromatic heterocycles. The summed E-state index contributed by atoms with van der Waals surface area (Å²) in [5.41, 5.74) is 0.992. The van der Waals surface area contributed by atoms with Gasteiger partial charge >= 0.3 is 0 Å². The predicted molar refractivity (Wildman–Crippen MR) is 73.2 cm³/mol. The van der Waals surface area contributed by atoms with Gasteiger partial charge in [0, 0.05) is 24.0 Å². The van der Waals surface area contributed by atoms with Crippen molar-refractivity contribution in [1.82, 2.24) is 15.6 Å². The van der Waals surface area contributed by atoms with E-state index in [4.69, 9.17) is 0 Å². The van der Waals surface area contributed by atoms with Crippen molar-refractivity contribution < 1.29 is 4.79 Å². The monoisotopic (exact) mass is 249 g/mol. The standard InChI is InChI=1S/C14H23N3O/c1-5-14(3,4)17-13(18)10-16-11(2)12-6-8-15-9-7-12/h6-9,11,16H,5,10H2,1-4H3,(H,17,18). The normalized spacial score (nSPS) is 13.1. The quantitative estimate of drug-likeness (QED) is 0.811. The molecule has 0 fully saturated rings. The first-order valence-electron chi connectivity index (χ1n) is 6.39. The molecule has 0 radical (unpaired) electrons. The average molecular weight is 249 g/mol. The summed E-state index contributed by atoms with van der Waals surface area (Å²) >= 11 is 0. The molecule has 18 heavy (non-hydrogen) atoms. The van der Waals surface area contributed by atoms with Crippen LogP contribution in [0.15, 0.2) is 24.5 Å². The van der Waals surface area contributed by atoms with Crippen molar-refractivity contribution in [2.45, 2.75) is 45.7 Å². The zero-order chi connectivity index (χ0) is 13.6. The Morgan fingerprint density at radius 1 is 1.39 bits per heavy atom. The molecule has 0 bridgehead atoms. The number of hydrogen-bond donors (Lipinski definition) is 2. The highest BCUT2D eigenvalue weighted by Gasteiger charge is 2.17. The van der Waals surface area contributed by atoms with Gasteiger partial charge in [-0.1, -0.05) is 6.92 Å². The zero-order valence-corrected chi connectivity index (χ0v) is 11.7. The fourth-order valence-corrected chi connectivity index (χ4v) is 1.53. The highest BCUT2D eigenvalue weighted by molar-refractivity contribution is 5.78. The Morgan fingerprint density at radius 3 is 2.56 bits per heavy atom. The van der Waals surface area contributed by atoms with E-state index in [1.165, 1.54) is 0 Å². The van der Waals surface area contributed by atoms with Gasteiger partial charge in [0.25, 0.3) is 0 Å². The third-order valence-corrected chi connectivity index (χ3v) is 3.14. The van der Waals surface area contributed by atoms with Crippen LogP contribution in [0.5, 0.6) is 0 Å². The van der Waals surface area contributed by atoms with Gasteiger partial charge in [0.2, 0.25) is 5.91 Å². The molecule has 2 N–H and O–H groups in total. The molecule has 1 unspecified atom stereocenters. The minimum atomic E-state index is -0.140. The number of pyridine rings is 1. The molecule has 4 nitrogen and oxygen atoms in total. The van der Waals surface area contributed by atoms with Crippen LogP contribution in [0.1, 0.15) is 45.7 Å². The number of nitrogens with one attached hydrogen (secondary N) is 2. The molecule has 1 aromatic rings. The summed E-state index contributed by atoms with van der Waals surface area (Å²) in [6.45, 7) is 8.47. The van der Waals surface area contributed by atoms with E-state index in [9.17, 15) is 4.79 Å². The number of carbonyl (C=O) groups is 1. The number of rotatable bonds is 6. The van der Waals surface area contributed by atoms with Crippen molar-refractivity contribution >= 4 is 5.91 Å². The van der Waals surface area contributed by atoms with Crippen molar-refractivity contribution in [1.29, 1.82) is 0 Å². The van der Waals surface area contributed by atoms with Crippen LogP contribution in [0, 0.1) is 0 Å². The molecule has 4 heteroatoms. The molecule has 0 aliphatic carbocycles. The SMILES string of the molecule is CCC(C)(C)NC(=O)CNC(C)c1ccncc1. The average Bonchev–Trinajstić information content (AvgIpc) is 2.36. The van der Waals surface area contributed by atoms with E-state index in [1.807, 2.05) is 32.9 Å². The van der Waals surface area contributed by atoms with Crippen LogP contribution in [0.25, 0.3) is 0 Å². The molecule has 0 saturated heterocycles. The van der Waals surface area contributed by atoms with Gasteiger partial charge in [0.15, 0.2) is 0 Å². The van der Waals surface area contributed by atoms with Crippen LogP contribution >= 0.6 is 0 Å². The first-order chi connectivity index (χ1) is 8.44. The van der Waals surface area contributed by atoms with Crippen LogP contribution in [-0.4, -0.2) is 23.0 Å². The Kier molecular flexibility index (Phi) is 5.28. The summed E-state index contributed by atoms with van der Waals surface area (Å²) < 4.78 is 0. The number of hydrogen-bond acceptors (Lipinski definition) is 3. The minimum absolute atomic E-state index is 0.0303. The molecule has 0 aliphatic heterocycles. The minimum Gasteiger partial charge on any atom is -0.350 e. The number of aromatic nitrogens is 1. The van der Waals surface area contributed by atoms with Crippen molar-refractivity contribution in [3.05, 3.63) is 30.1 Å². The van der Waals surface area contributed by atoms with Crippen molar-refractivity contribution in [2.24, 2.45) is 0 Å². The third-order valence-electron chi connectivity index (χ3n) is 3.14. The Morgan fingerprint density at radius 2 is 2.00 bits per heavy atom. The first kappa shape index (κ1) is 14.6. The molecule has 1 rings (SSSR count). The summed E-state index contributed by atoms with van der Waals surface area (Å²) in [5, 5.41) is 6.20. The topological polar surface area (TPSA) is 54.0 Å². The lowest BCUT2D eigenvalue weighted by Gasteiger charge is -2.25. The molecule has 0 spiro atoms. The van der Waals surface area contributed by atoms with Crippen LogP contribution in [-0.2, 0) is 4.79 Å². The number of carbonyl (C=O) groups excluding carboxylic acids is 1. The second kappa shape index (κ2) is 6.50. The molecule has 0 saturated carbocycles. The summed E-state index contributed by atoms with van der Waals surface area (Å²) in [5.74, 6) is 0.0303. The first-order valence-corrected chi connectivity index (χ1v) is 6.39. The Labute approximate surface area is 109 Å². The van der Waals surface area contributed by atoms with Gasteiger partial charge in [-0.3, -0.25) is 9.78 Å². The van der Waals surface area contributed by atoms with E-state index in [1.54, 1.807) is 12.4 Å². The third kappa shape index (κ3) is 4.84. The van der Waals surface area contributed by atoms with Gasteiger partial charge in [0.05, 0.1) is 6.54 Å². The molecule has 0 aliphatic rings. The fourth-order valence-electron chi connectivity index (χ4n) is 1.53. The molecular weight excluding hydrogens is 226 g/mol. The van der Waals surface area contributed by atoms with E-state index >= 15 is 0 Å². The Balaban J connectivity index is 2.39. The second-order valence-electron chi connectivity index (χ2n) is 5.17. The lowest BCUT2D eigenvalue weighted by atomic mass is 10.0. The summed E-state index contributed by atoms with van der Waals surface area (Å²) in [6, 6.07) is 4.04. The molecule has 100 valence electrons. The predicted octanol–water partition coefficient (Wildman–Crippen LogP) is 2.04. The molecule has 1 heterocycles. The van der Waals surface area contributed by atoms with Gasteiger partial charge in [-0.25, -0.2) is 0 Å². The molecule has 1 amide bonds. The zero-order valence-electron chi connectivity index (χ0n) is 11.7. The van der Waals surface area contributed by atoms with Crippen molar-refractivity contribution in [3.8, 4) is 0 Å². The highest BCUT2D eigenvalue weighted by Crippen LogP contribution is 2.10. The summed E-state index contributed by atoms with van der Waals surface area (Å²) in [7, 11) is 0. The van der Waals surface area contributed by atoms with Gasteiger partial charge in [-0.2, -0.15) is 0 Å². The van der Waals surface area contributed by atoms with E-state index in [0.29, 0.717) is 6.54 Å². The van der Waals surface area contributed by atoms with E-state index in [2.05, 4.69) is 22.5 Å². The molecule has 0 aromatic carbocycles. The van der Waals surface area contributed by atoms with Gasteiger partial charge in [-0.05, 0) is 44.9 Å². The van der Waals surface area contributed by atoms with E-state index in [0.717, 1.165) is 12.0 Å². The highest BCUT2D eigenvalue weighted by atomic mass is 16.2. The summed E-state index contributed by atoms with van der Waals surface area (Å²) in [6.07, 6.45) is 4.43. The van der Waals surface area contributed by atoms with E-state index in [-0.39, 0.29) is 17.5 Å². The summed E-state index contributed by atoms with van der Waals surface area (Å²) in [4.78, 5) is 15.7. The van der Waals surface area contributed by atoms with Gasteiger partial charge in [0.1, 0.15) is 0 Å². The number of nitrogens with zero attached hydrogens (tertiary/aromatic N) is 1. The van der Waals surface area contributed by atoms with Gasteiger partial charge in [-0.15, -0.1) is 0 Å². The van der Waals surface area contributed by atoms with Crippen LogP contribution in [0.3, 0.4) is 0 Å². The van der Waals surface area contributed by atoms with Crippen molar-refractivity contribution in [2.75, 3.05) is 6.54 Å². The molecule has 1 atom stereocenters. The van der Waals surface area contributed by atoms with E-state index < -0.39 is 0 Å². The largest absolute Gasteiger partial charge is 0.350 e. The maximum atomic E-state index is 11.8. The lowest BCUT2D eigenvalue weighted by molar-refractivity contribution is -0.122. The smallest absolute Gasteiger partial charge is 0.234 e. The Hall–Kier alpha value is -1.42. The van der Waals surface area contributed by atoms with Crippen LogP contribution in [0.2, 0.25) is 0 Å². The fraction of sp³-hybridized carbons (Fsp3) is 0.571. The van der Waals surface area contributed by atoms with Crippen molar-refractivity contribution in [3.63, 3.8) is 0 Å². The second-order valence-corrected chi connectivity index (χ2v) is 5.17. The van der Waals surface area contributed by atoms with Crippen LogP contribution in [0.4, 0.5) is 0 Å². The maximum Gasteiger partial charge on any atom is 0.234 e. The maximum absolute atomic E-state index is 11.8. The number of amides is 1. The van der Waals surface area contributed by atoms with Crippen LogP contribution < -0.4 is 10.6 Å². The Bertz CT molecular complexity index is 376. The molecular formula is C14H23N3O. The lowest BCUT2D eigenvalue weighted by Crippen LogP contribution is -2.46.